The van der Waals surface area contributed by atoms with E-state index >= 15 is 0 Å². The Kier molecular flexibility index (Phi) is 8.60. The van der Waals surface area contributed by atoms with Crippen molar-refractivity contribution in [3.05, 3.63) is 40.9 Å². The second-order valence-electron chi connectivity index (χ2n) is 5.66. The topological polar surface area (TPSA) is 86.5 Å². The zero-order valence-corrected chi connectivity index (χ0v) is 16.2. The van der Waals surface area contributed by atoms with Gasteiger partial charge in [-0.05, 0) is 32.4 Å². The Bertz CT molecular complexity index is 686. The maximum absolute atomic E-state index is 12.4. The fourth-order valence-electron chi connectivity index (χ4n) is 2.24. The van der Waals surface area contributed by atoms with Crippen LogP contribution < -0.4 is 5.32 Å². The predicted molar refractivity (Wildman–Crippen MR) is 99.4 cm³/mol. The number of hydrogen-bond donors (Lipinski definition) is 1. The lowest BCUT2D eigenvalue weighted by molar-refractivity contribution is 0.0688. The van der Waals surface area contributed by atoms with Crippen LogP contribution >= 0.6 is 11.8 Å². The standard InChI is InChI=1S/C18H25N3O4S/c1-13-16(14(2)25-21-13)12-26-18-15(6-4-7-20-18)17(22)19-8-5-9-24-11-10-23-3/h4,6-7H,5,8-12H2,1-3H3,(H,19,22). The normalized spacial score (nSPS) is 10.9. The van der Waals surface area contributed by atoms with Crippen molar-refractivity contribution in [3.63, 3.8) is 0 Å². The van der Waals surface area contributed by atoms with Crippen molar-refractivity contribution in [2.24, 2.45) is 0 Å². The zero-order valence-electron chi connectivity index (χ0n) is 15.4. The van der Waals surface area contributed by atoms with Crippen LogP contribution in [0.3, 0.4) is 0 Å². The van der Waals surface area contributed by atoms with E-state index in [1.165, 1.54) is 11.8 Å². The minimum absolute atomic E-state index is 0.128. The highest BCUT2D eigenvalue weighted by Crippen LogP contribution is 2.27. The van der Waals surface area contributed by atoms with Crippen LogP contribution in [0.15, 0.2) is 27.9 Å². The summed E-state index contributed by atoms with van der Waals surface area (Å²) in [7, 11) is 1.64. The maximum Gasteiger partial charge on any atom is 0.254 e. The largest absolute Gasteiger partial charge is 0.382 e. The summed E-state index contributed by atoms with van der Waals surface area (Å²) in [5.74, 6) is 1.33. The number of carbonyl (C=O) groups is 1. The molecule has 0 saturated carbocycles. The molecule has 0 aliphatic heterocycles. The first-order chi connectivity index (χ1) is 12.6. The molecule has 0 unspecified atom stereocenters. The van der Waals surface area contributed by atoms with Gasteiger partial charge in [-0.2, -0.15) is 0 Å². The summed E-state index contributed by atoms with van der Waals surface area (Å²) in [5, 5.41) is 7.56. The molecule has 0 fully saturated rings. The summed E-state index contributed by atoms with van der Waals surface area (Å²) in [6.07, 6.45) is 2.44. The third-order valence-electron chi connectivity index (χ3n) is 3.73. The van der Waals surface area contributed by atoms with E-state index in [1.807, 2.05) is 13.8 Å². The molecule has 0 aliphatic rings. The molecule has 0 atom stereocenters. The summed E-state index contributed by atoms with van der Waals surface area (Å²) >= 11 is 1.50. The number of carbonyl (C=O) groups excluding carboxylic acids is 1. The van der Waals surface area contributed by atoms with Crippen LogP contribution in [0.2, 0.25) is 0 Å². The van der Waals surface area contributed by atoms with Crippen molar-refractivity contribution in [1.82, 2.24) is 15.5 Å². The maximum atomic E-state index is 12.4. The Balaban J connectivity index is 1.84. The zero-order chi connectivity index (χ0) is 18.8. The van der Waals surface area contributed by atoms with E-state index in [-0.39, 0.29) is 5.91 Å². The van der Waals surface area contributed by atoms with Crippen LogP contribution in [0, 0.1) is 13.8 Å². The van der Waals surface area contributed by atoms with Gasteiger partial charge in [0.15, 0.2) is 0 Å². The SMILES string of the molecule is COCCOCCCNC(=O)c1cccnc1SCc1c(C)noc1C. The van der Waals surface area contributed by atoms with Crippen LogP contribution in [0.5, 0.6) is 0 Å². The lowest BCUT2D eigenvalue weighted by atomic mass is 10.2. The molecule has 0 radical (unpaired) electrons. The number of rotatable bonds is 11. The third-order valence-corrected chi connectivity index (χ3v) is 4.76. The number of pyridine rings is 1. The smallest absolute Gasteiger partial charge is 0.254 e. The number of methoxy groups -OCH3 is 1. The van der Waals surface area contributed by atoms with E-state index in [9.17, 15) is 4.79 Å². The first-order valence-electron chi connectivity index (χ1n) is 8.48. The minimum atomic E-state index is -0.128. The molecule has 142 valence electrons. The molecule has 1 N–H and O–H groups in total. The average Bonchev–Trinajstić information content (AvgIpc) is 2.97. The molecule has 0 spiro atoms. The van der Waals surface area contributed by atoms with Gasteiger partial charge in [0.2, 0.25) is 0 Å². The van der Waals surface area contributed by atoms with Gasteiger partial charge < -0.3 is 19.3 Å². The minimum Gasteiger partial charge on any atom is -0.382 e. The van der Waals surface area contributed by atoms with Gasteiger partial charge >= 0.3 is 0 Å². The van der Waals surface area contributed by atoms with Crippen LogP contribution in [-0.4, -0.2) is 49.5 Å². The first kappa shape index (κ1) is 20.4. The molecule has 2 heterocycles. The van der Waals surface area contributed by atoms with Crippen molar-refractivity contribution in [3.8, 4) is 0 Å². The van der Waals surface area contributed by atoms with Crippen molar-refractivity contribution >= 4 is 17.7 Å². The Morgan fingerprint density at radius 1 is 1.31 bits per heavy atom. The number of hydrogen-bond acceptors (Lipinski definition) is 7. The number of nitrogens with one attached hydrogen (secondary N) is 1. The molecular weight excluding hydrogens is 354 g/mol. The molecular formula is C18H25N3O4S. The summed E-state index contributed by atoms with van der Waals surface area (Å²) in [6.45, 7) is 6.08. The number of amides is 1. The number of nitrogens with zero attached hydrogens (tertiary/aromatic N) is 2. The third kappa shape index (κ3) is 6.12. The lowest BCUT2D eigenvalue weighted by Gasteiger charge is -2.09. The van der Waals surface area contributed by atoms with Gasteiger partial charge in [-0.1, -0.05) is 5.16 Å². The van der Waals surface area contributed by atoms with E-state index in [0.717, 1.165) is 23.4 Å². The second kappa shape index (κ2) is 10.9. The van der Waals surface area contributed by atoms with Crippen molar-refractivity contribution in [1.29, 1.82) is 0 Å². The van der Waals surface area contributed by atoms with E-state index in [4.69, 9.17) is 14.0 Å². The highest BCUT2D eigenvalue weighted by atomic mass is 32.2. The number of aryl methyl sites for hydroxylation is 2. The molecule has 1 amide bonds. The summed E-state index contributed by atoms with van der Waals surface area (Å²) in [4.78, 5) is 16.8. The monoisotopic (exact) mass is 379 g/mol. The Morgan fingerprint density at radius 2 is 2.15 bits per heavy atom. The number of aromatic nitrogens is 2. The highest BCUT2D eigenvalue weighted by Gasteiger charge is 2.15. The fraction of sp³-hybridized carbons (Fsp3) is 0.500. The second-order valence-corrected chi connectivity index (χ2v) is 6.63. The molecule has 0 bridgehead atoms. The molecule has 0 saturated heterocycles. The quantitative estimate of drug-likeness (QED) is 0.474. The fourth-order valence-corrected chi connectivity index (χ4v) is 3.39. The molecule has 2 aromatic rings. The van der Waals surface area contributed by atoms with Crippen LogP contribution in [0.25, 0.3) is 0 Å². The van der Waals surface area contributed by atoms with E-state index in [2.05, 4.69) is 15.5 Å². The number of ether oxygens (including phenoxy) is 2. The molecule has 8 heteroatoms. The van der Waals surface area contributed by atoms with Crippen molar-refractivity contribution in [2.45, 2.75) is 31.0 Å². The molecule has 0 aromatic carbocycles. The molecule has 0 aliphatic carbocycles. The summed E-state index contributed by atoms with van der Waals surface area (Å²) < 4.78 is 15.5. The van der Waals surface area contributed by atoms with Crippen LogP contribution in [-0.2, 0) is 15.2 Å². The van der Waals surface area contributed by atoms with Crippen LogP contribution in [0.4, 0.5) is 0 Å². The number of thioether (sulfide) groups is 1. The molecule has 26 heavy (non-hydrogen) atoms. The predicted octanol–water partition coefficient (Wildman–Crippen LogP) is 2.76. The highest BCUT2D eigenvalue weighted by molar-refractivity contribution is 7.98. The Hall–Kier alpha value is -1.90. The van der Waals surface area contributed by atoms with Gasteiger partial charge in [0.1, 0.15) is 10.8 Å². The van der Waals surface area contributed by atoms with E-state index in [0.29, 0.717) is 42.7 Å². The molecule has 7 nitrogen and oxygen atoms in total. The Labute approximate surface area is 157 Å². The molecule has 2 rings (SSSR count). The van der Waals surface area contributed by atoms with E-state index < -0.39 is 0 Å². The van der Waals surface area contributed by atoms with Gasteiger partial charge in [-0.3, -0.25) is 4.79 Å². The van der Waals surface area contributed by atoms with E-state index in [1.54, 1.807) is 25.4 Å². The Morgan fingerprint density at radius 3 is 2.88 bits per heavy atom. The van der Waals surface area contributed by atoms with Gasteiger partial charge in [0.25, 0.3) is 5.91 Å². The molecule has 2 aromatic heterocycles. The van der Waals surface area contributed by atoms with Gasteiger partial charge in [-0.25, -0.2) is 4.98 Å². The van der Waals surface area contributed by atoms with Gasteiger partial charge in [0.05, 0.1) is 24.5 Å². The van der Waals surface area contributed by atoms with Crippen LogP contribution in [0.1, 0.15) is 33.8 Å². The average molecular weight is 379 g/mol. The summed E-state index contributed by atoms with van der Waals surface area (Å²) in [6, 6.07) is 3.55. The van der Waals surface area contributed by atoms with Gasteiger partial charge in [0, 0.05) is 37.8 Å². The van der Waals surface area contributed by atoms with Gasteiger partial charge in [-0.15, -0.1) is 11.8 Å². The van der Waals surface area contributed by atoms with Crippen molar-refractivity contribution in [2.75, 3.05) is 33.5 Å². The summed E-state index contributed by atoms with van der Waals surface area (Å²) in [5.41, 5.74) is 2.48. The van der Waals surface area contributed by atoms with Crippen molar-refractivity contribution < 1.29 is 18.8 Å². The first-order valence-corrected chi connectivity index (χ1v) is 9.46. The lowest BCUT2D eigenvalue weighted by Crippen LogP contribution is -2.26.